The summed E-state index contributed by atoms with van der Waals surface area (Å²) in [4.78, 5) is 30.2. The first-order valence-corrected chi connectivity index (χ1v) is 10.5. The van der Waals surface area contributed by atoms with Gasteiger partial charge in [-0.15, -0.1) is 0 Å². The number of benzene rings is 2. The number of ketones is 1. The lowest BCUT2D eigenvalue weighted by molar-refractivity contribution is 0.0474. The van der Waals surface area contributed by atoms with Gasteiger partial charge >= 0.3 is 5.97 Å². The summed E-state index contributed by atoms with van der Waals surface area (Å²) in [5.41, 5.74) is 2.54. The molecule has 0 N–H and O–H groups in total. The molecule has 0 aliphatic heterocycles. The smallest absolute Gasteiger partial charge is 0.339 e. The molecule has 0 saturated carbocycles. The average Bonchev–Trinajstić information content (AvgIpc) is 3.31. The number of methoxy groups -OCH3 is 3. The van der Waals surface area contributed by atoms with Crippen molar-refractivity contribution in [2.45, 2.75) is 0 Å². The molecule has 0 atom stereocenters. The number of rotatable bonds is 8. The first-order chi connectivity index (χ1) is 16.5. The van der Waals surface area contributed by atoms with Gasteiger partial charge in [0.1, 0.15) is 0 Å². The van der Waals surface area contributed by atoms with Gasteiger partial charge in [0, 0.05) is 24.2 Å². The van der Waals surface area contributed by atoms with Crippen LogP contribution in [0.3, 0.4) is 0 Å². The van der Waals surface area contributed by atoms with Crippen LogP contribution in [-0.4, -0.2) is 49.2 Å². The van der Waals surface area contributed by atoms with Gasteiger partial charge in [-0.05, 0) is 36.4 Å². The Balaban J connectivity index is 1.73. The predicted molar refractivity (Wildman–Crippen MR) is 127 cm³/mol. The van der Waals surface area contributed by atoms with Crippen molar-refractivity contribution in [3.05, 3.63) is 72.1 Å². The minimum atomic E-state index is -0.616. The zero-order valence-electron chi connectivity index (χ0n) is 19.3. The Morgan fingerprint density at radius 1 is 0.912 bits per heavy atom. The summed E-state index contributed by atoms with van der Waals surface area (Å²) in [6.45, 7) is -0.368. The molecular weight excluding hydrogens is 436 g/mol. The number of hydrogen-bond acceptors (Lipinski definition) is 7. The van der Waals surface area contributed by atoms with E-state index in [0.717, 1.165) is 0 Å². The number of carbonyl (C=O) groups excluding carboxylic acids is 2. The fourth-order valence-electron chi connectivity index (χ4n) is 3.75. The molecule has 0 saturated heterocycles. The summed E-state index contributed by atoms with van der Waals surface area (Å²) in [5, 5.41) is 0.620. The molecule has 0 bridgehead atoms. The Bertz CT molecular complexity index is 1350. The van der Waals surface area contributed by atoms with Crippen LogP contribution in [-0.2, 0) is 11.8 Å². The van der Waals surface area contributed by atoms with Gasteiger partial charge in [-0.3, -0.25) is 4.79 Å². The molecule has 174 valence electrons. The quantitative estimate of drug-likeness (QED) is 0.286. The monoisotopic (exact) mass is 460 g/mol. The molecule has 34 heavy (non-hydrogen) atoms. The normalized spacial score (nSPS) is 10.7. The van der Waals surface area contributed by atoms with Crippen molar-refractivity contribution >= 4 is 22.7 Å². The van der Waals surface area contributed by atoms with E-state index in [1.807, 2.05) is 18.2 Å². The van der Waals surface area contributed by atoms with Crippen LogP contribution in [0.15, 0.2) is 60.8 Å². The second-order valence-corrected chi connectivity index (χ2v) is 7.49. The summed E-state index contributed by atoms with van der Waals surface area (Å²) < 4.78 is 23.4. The third-order valence-electron chi connectivity index (χ3n) is 5.46. The first-order valence-electron chi connectivity index (χ1n) is 10.5. The highest BCUT2D eigenvalue weighted by Gasteiger charge is 2.20. The Morgan fingerprint density at radius 3 is 2.24 bits per heavy atom. The molecule has 0 fully saturated rings. The average molecular weight is 460 g/mol. The van der Waals surface area contributed by atoms with E-state index >= 15 is 0 Å². The number of nitrogens with zero attached hydrogens (tertiary/aromatic N) is 2. The molecule has 0 unspecified atom stereocenters. The molecule has 0 aliphatic rings. The van der Waals surface area contributed by atoms with Crippen molar-refractivity contribution in [3.8, 4) is 28.5 Å². The van der Waals surface area contributed by atoms with Crippen LogP contribution in [0.4, 0.5) is 0 Å². The maximum Gasteiger partial charge on any atom is 0.339 e. The van der Waals surface area contributed by atoms with Gasteiger partial charge in [-0.2, -0.15) is 0 Å². The lowest BCUT2D eigenvalue weighted by atomic mass is 10.0. The molecule has 2 aromatic carbocycles. The number of para-hydroxylation sites is 1. The highest BCUT2D eigenvalue weighted by molar-refractivity contribution is 6.06. The molecule has 8 nitrogen and oxygen atoms in total. The molecule has 2 aromatic heterocycles. The van der Waals surface area contributed by atoms with Crippen molar-refractivity contribution in [2.75, 3.05) is 27.9 Å². The number of ether oxygens (including phenoxy) is 4. The van der Waals surface area contributed by atoms with Crippen LogP contribution < -0.4 is 14.2 Å². The number of esters is 1. The Morgan fingerprint density at radius 2 is 1.62 bits per heavy atom. The van der Waals surface area contributed by atoms with Crippen LogP contribution >= 0.6 is 0 Å². The van der Waals surface area contributed by atoms with Gasteiger partial charge in [0.15, 0.2) is 18.1 Å². The van der Waals surface area contributed by atoms with Gasteiger partial charge < -0.3 is 23.5 Å². The molecule has 2 heterocycles. The zero-order valence-corrected chi connectivity index (χ0v) is 19.3. The summed E-state index contributed by atoms with van der Waals surface area (Å²) in [6, 6.07) is 15.8. The minimum Gasteiger partial charge on any atom is -0.493 e. The van der Waals surface area contributed by atoms with Crippen molar-refractivity contribution in [1.29, 1.82) is 0 Å². The Labute approximate surface area is 196 Å². The van der Waals surface area contributed by atoms with Crippen LogP contribution in [0.25, 0.3) is 22.2 Å². The van der Waals surface area contributed by atoms with E-state index in [0.29, 0.717) is 50.7 Å². The third-order valence-corrected chi connectivity index (χ3v) is 5.46. The maximum absolute atomic E-state index is 13.1. The Hall–Kier alpha value is -4.33. The molecule has 0 radical (unpaired) electrons. The van der Waals surface area contributed by atoms with Crippen LogP contribution in [0.5, 0.6) is 17.2 Å². The van der Waals surface area contributed by atoms with E-state index < -0.39 is 5.97 Å². The first kappa shape index (κ1) is 22.8. The number of carbonyl (C=O) groups is 2. The molecule has 8 heteroatoms. The van der Waals surface area contributed by atoms with E-state index in [9.17, 15) is 9.59 Å². The predicted octanol–water partition coefficient (Wildman–Crippen LogP) is 4.31. The molecular formula is C26H24N2O6. The van der Waals surface area contributed by atoms with Crippen LogP contribution in [0, 0.1) is 0 Å². The standard InChI is InChI=1S/C26H24N2O6/c1-28-11-7-10-21(28)22(29)15-34-26(30)18-14-20(27-19-9-6-5-8-17(18)19)16-12-23(31-2)25(33-4)24(13-16)32-3/h5-14H,15H2,1-4H3. The Kier molecular flexibility index (Phi) is 6.49. The highest BCUT2D eigenvalue weighted by Crippen LogP contribution is 2.41. The lowest BCUT2D eigenvalue weighted by Gasteiger charge is -2.15. The van der Waals surface area contributed by atoms with E-state index in [1.54, 1.807) is 54.2 Å². The second kappa shape index (κ2) is 9.66. The van der Waals surface area contributed by atoms with Gasteiger partial charge in [-0.25, -0.2) is 9.78 Å². The summed E-state index contributed by atoms with van der Waals surface area (Å²) in [7, 11) is 6.34. The number of fused-ring (bicyclic) bond motifs is 1. The van der Waals surface area contributed by atoms with Crippen LogP contribution in [0.1, 0.15) is 20.8 Å². The fraction of sp³-hybridized carbons (Fsp3) is 0.192. The summed E-state index contributed by atoms with van der Waals surface area (Å²) >= 11 is 0. The van der Waals surface area contributed by atoms with Crippen molar-refractivity contribution in [2.24, 2.45) is 7.05 Å². The number of Topliss-reactive ketones (excluding diaryl/α,β-unsaturated/α-hetero) is 1. The largest absolute Gasteiger partial charge is 0.493 e. The summed E-state index contributed by atoms with van der Waals surface area (Å²) in [5.74, 6) is 0.473. The topological polar surface area (TPSA) is 88.9 Å². The zero-order chi connectivity index (χ0) is 24.2. The molecule has 0 aliphatic carbocycles. The number of hydrogen-bond donors (Lipinski definition) is 0. The fourth-order valence-corrected chi connectivity index (χ4v) is 3.75. The molecule has 4 rings (SSSR count). The molecule has 4 aromatic rings. The number of pyridine rings is 1. The number of aryl methyl sites for hydroxylation is 1. The van der Waals surface area contributed by atoms with Crippen molar-refractivity contribution in [3.63, 3.8) is 0 Å². The summed E-state index contributed by atoms with van der Waals surface area (Å²) in [6.07, 6.45) is 1.76. The van der Waals surface area contributed by atoms with E-state index in [2.05, 4.69) is 0 Å². The van der Waals surface area contributed by atoms with Crippen molar-refractivity contribution < 1.29 is 28.5 Å². The van der Waals surface area contributed by atoms with E-state index in [-0.39, 0.29) is 12.4 Å². The third kappa shape index (κ3) is 4.30. The second-order valence-electron chi connectivity index (χ2n) is 7.49. The van der Waals surface area contributed by atoms with Gasteiger partial charge in [0.2, 0.25) is 11.5 Å². The van der Waals surface area contributed by atoms with E-state index in [1.165, 1.54) is 21.3 Å². The van der Waals surface area contributed by atoms with Gasteiger partial charge in [-0.1, -0.05) is 18.2 Å². The van der Waals surface area contributed by atoms with Crippen molar-refractivity contribution in [1.82, 2.24) is 9.55 Å². The van der Waals surface area contributed by atoms with Gasteiger partial charge in [0.05, 0.1) is 43.8 Å². The lowest BCUT2D eigenvalue weighted by Crippen LogP contribution is -2.17. The van der Waals surface area contributed by atoms with Gasteiger partial charge in [0.25, 0.3) is 0 Å². The minimum absolute atomic E-state index is 0.288. The van der Waals surface area contributed by atoms with Crippen LogP contribution in [0.2, 0.25) is 0 Å². The van der Waals surface area contributed by atoms with E-state index in [4.69, 9.17) is 23.9 Å². The molecule has 0 amide bonds. The SMILES string of the molecule is COc1cc(-c2cc(C(=O)OCC(=O)c3cccn3C)c3ccccc3n2)cc(OC)c1OC. The number of aromatic nitrogens is 2. The maximum atomic E-state index is 13.1. The highest BCUT2D eigenvalue weighted by atomic mass is 16.5. The molecule has 0 spiro atoms.